The predicted octanol–water partition coefficient (Wildman–Crippen LogP) is 13.2. The van der Waals surface area contributed by atoms with E-state index in [9.17, 15) is 0 Å². The second-order valence-corrected chi connectivity index (χ2v) is 14.0. The van der Waals surface area contributed by atoms with Crippen molar-refractivity contribution >= 4 is 43.7 Å². The highest BCUT2D eigenvalue weighted by Gasteiger charge is 2.18. The first kappa shape index (κ1) is 31.9. The SMILES string of the molecule is c1ccc(-c2nc(-c3ccc4c(c3)oc3cc(-c5ccccc5-c5ccccc5)ccc34)nc(-c3ccc4c5ccccc5n(-c5ccccc5)c4c3)n2)cc1. The van der Waals surface area contributed by atoms with E-state index in [1.807, 2.05) is 42.5 Å². The lowest BCUT2D eigenvalue weighted by atomic mass is 9.94. The van der Waals surface area contributed by atoms with E-state index in [2.05, 4.69) is 156 Å². The van der Waals surface area contributed by atoms with Gasteiger partial charge in [0.25, 0.3) is 0 Å². The molecule has 0 aliphatic carbocycles. The molecule has 0 amide bonds. The molecule has 56 heavy (non-hydrogen) atoms. The number of para-hydroxylation sites is 2. The van der Waals surface area contributed by atoms with Gasteiger partial charge in [-0.2, -0.15) is 0 Å². The molecule has 0 fully saturated rings. The summed E-state index contributed by atoms with van der Waals surface area (Å²) in [5.41, 5.74) is 12.3. The number of hydrogen-bond acceptors (Lipinski definition) is 4. The standard InChI is InChI=1S/C51H32N4O/c1-4-14-33(15-5-1)39-20-10-11-21-40(39)35-24-28-43-44-29-26-37(32-48(44)56-47(43)31-35)51-53-49(34-16-6-2-7-17-34)52-50(54-51)36-25-27-42-41-22-12-13-23-45(41)55(46(42)30-36)38-18-8-3-9-19-38/h1-32H. The second-order valence-electron chi connectivity index (χ2n) is 14.0. The Morgan fingerprint density at radius 2 is 0.786 bits per heavy atom. The van der Waals surface area contributed by atoms with Crippen LogP contribution in [0.15, 0.2) is 199 Å². The Morgan fingerprint density at radius 3 is 1.46 bits per heavy atom. The highest BCUT2D eigenvalue weighted by Crippen LogP contribution is 2.39. The Balaban J connectivity index is 1.05. The quantitative estimate of drug-likeness (QED) is 0.172. The molecule has 0 saturated carbocycles. The van der Waals surface area contributed by atoms with Gasteiger partial charge in [-0.15, -0.1) is 0 Å². The molecule has 262 valence electrons. The van der Waals surface area contributed by atoms with Crippen molar-refractivity contribution in [2.24, 2.45) is 0 Å². The van der Waals surface area contributed by atoms with Crippen LogP contribution in [0.5, 0.6) is 0 Å². The maximum atomic E-state index is 6.61. The van der Waals surface area contributed by atoms with Crippen molar-refractivity contribution in [3.8, 4) is 62.1 Å². The van der Waals surface area contributed by atoms with Crippen LogP contribution in [-0.2, 0) is 0 Å². The first-order valence-corrected chi connectivity index (χ1v) is 18.8. The molecule has 11 rings (SSSR count). The Hall–Kier alpha value is -7.63. The van der Waals surface area contributed by atoms with Crippen molar-refractivity contribution in [3.05, 3.63) is 194 Å². The highest BCUT2D eigenvalue weighted by atomic mass is 16.3. The van der Waals surface area contributed by atoms with Crippen molar-refractivity contribution in [3.63, 3.8) is 0 Å². The molecule has 0 aliphatic rings. The molecule has 0 unspecified atom stereocenters. The van der Waals surface area contributed by atoms with Gasteiger partial charge in [-0.25, -0.2) is 15.0 Å². The van der Waals surface area contributed by atoms with Crippen molar-refractivity contribution in [1.82, 2.24) is 19.5 Å². The number of aromatic nitrogens is 4. The molecule has 11 aromatic rings. The minimum absolute atomic E-state index is 0.581. The van der Waals surface area contributed by atoms with Crippen molar-refractivity contribution in [2.75, 3.05) is 0 Å². The van der Waals surface area contributed by atoms with Gasteiger partial charge in [-0.1, -0.05) is 146 Å². The monoisotopic (exact) mass is 716 g/mol. The van der Waals surface area contributed by atoms with Crippen LogP contribution in [-0.4, -0.2) is 19.5 Å². The molecule has 5 heteroatoms. The van der Waals surface area contributed by atoms with E-state index in [0.29, 0.717) is 17.5 Å². The molecule has 3 heterocycles. The number of rotatable bonds is 6. The van der Waals surface area contributed by atoms with Crippen LogP contribution in [0.3, 0.4) is 0 Å². The lowest BCUT2D eigenvalue weighted by Crippen LogP contribution is -2.00. The Kier molecular flexibility index (Phi) is 7.42. The first-order valence-electron chi connectivity index (χ1n) is 18.8. The second kappa shape index (κ2) is 13.0. The van der Waals surface area contributed by atoms with Crippen LogP contribution < -0.4 is 0 Å². The van der Waals surface area contributed by atoms with Gasteiger partial charge in [0.2, 0.25) is 0 Å². The maximum Gasteiger partial charge on any atom is 0.164 e. The van der Waals surface area contributed by atoms with E-state index in [1.165, 1.54) is 21.9 Å². The van der Waals surface area contributed by atoms with Crippen LogP contribution in [0.4, 0.5) is 0 Å². The third kappa shape index (κ3) is 5.37. The smallest absolute Gasteiger partial charge is 0.164 e. The highest BCUT2D eigenvalue weighted by molar-refractivity contribution is 6.10. The molecule has 0 saturated heterocycles. The van der Waals surface area contributed by atoms with Gasteiger partial charge >= 0.3 is 0 Å². The van der Waals surface area contributed by atoms with Crippen molar-refractivity contribution < 1.29 is 4.42 Å². The molecule has 0 bridgehead atoms. The molecule has 0 N–H and O–H groups in total. The van der Waals surface area contributed by atoms with E-state index in [0.717, 1.165) is 66.5 Å². The van der Waals surface area contributed by atoms with Crippen molar-refractivity contribution in [2.45, 2.75) is 0 Å². The third-order valence-electron chi connectivity index (χ3n) is 10.7. The zero-order valence-electron chi connectivity index (χ0n) is 30.2. The topological polar surface area (TPSA) is 56.7 Å². The number of nitrogens with zero attached hydrogens (tertiary/aromatic N) is 4. The largest absolute Gasteiger partial charge is 0.456 e. The van der Waals surface area contributed by atoms with E-state index in [4.69, 9.17) is 19.4 Å². The van der Waals surface area contributed by atoms with E-state index in [-0.39, 0.29) is 0 Å². The fourth-order valence-electron chi connectivity index (χ4n) is 8.00. The van der Waals surface area contributed by atoms with Gasteiger partial charge in [0.15, 0.2) is 17.5 Å². The molecule has 0 aliphatic heterocycles. The Bertz CT molecular complexity index is 3240. The summed E-state index contributed by atoms with van der Waals surface area (Å²) in [6, 6.07) is 67.4. The Labute approximate surface area is 322 Å². The number of furan rings is 1. The lowest BCUT2D eigenvalue weighted by Gasteiger charge is -2.10. The van der Waals surface area contributed by atoms with Gasteiger partial charge in [-0.05, 0) is 70.8 Å². The van der Waals surface area contributed by atoms with Crippen LogP contribution in [0, 0.1) is 0 Å². The summed E-state index contributed by atoms with van der Waals surface area (Å²) in [4.78, 5) is 15.3. The summed E-state index contributed by atoms with van der Waals surface area (Å²) in [7, 11) is 0. The van der Waals surface area contributed by atoms with Crippen molar-refractivity contribution in [1.29, 1.82) is 0 Å². The summed E-state index contributed by atoms with van der Waals surface area (Å²) >= 11 is 0. The molecule has 3 aromatic heterocycles. The fraction of sp³-hybridized carbons (Fsp3) is 0. The van der Waals surface area contributed by atoms with E-state index in [1.54, 1.807) is 0 Å². The van der Waals surface area contributed by atoms with Gasteiger partial charge in [0.05, 0.1) is 11.0 Å². The summed E-state index contributed by atoms with van der Waals surface area (Å²) < 4.78 is 8.93. The summed E-state index contributed by atoms with van der Waals surface area (Å²) in [5, 5.41) is 4.48. The van der Waals surface area contributed by atoms with Crippen LogP contribution in [0.25, 0.3) is 106 Å². The molecule has 8 aromatic carbocycles. The van der Waals surface area contributed by atoms with Gasteiger partial charge < -0.3 is 8.98 Å². The summed E-state index contributed by atoms with van der Waals surface area (Å²) in [6.07, 6.45) is 0. The minimum atomic E-state index is 0.581. The first-order chi connectivity index (χ1) is 27.7. The van der Waals surface area contributed by atoms with Gasteiger partial charge in [0.1, 0.15) is 11.2 Å². The molecule has 0 spiro atoms. The molecule has 0 radical (unpaired) electrons. The zero-order valence-corrected chi connectivity index (χ0v) is 30.2. The number of benzene rings is 8. The van der Waals surface area contributed by atoms with Crippen LogP contribution in [0.2, 0.25) is 0 Å². The van der Waals surface area contributed by atoms with E-state index >= 15 is 0 Å². The normalized spacial score (nSPS) is 11.6. The molecular formula is C51H32N4O. The van der Waals surface area contributed by atoms with Crippen LogP contribution in [0.1, 0.15) is 0 Å². The predicted molar refractivity (Wildman–Crippen MR) is 229 cm³/mol. The van der Waals surface area contributed by atoms with Gasteiger partial charge in [-0.3, -0.25) is 0 Å². The zero-order chi connectivity index (χ0) is 37.0. The summed E-state index contributed by atoms with van der Waals surface area (Å²) in [5.74, 6) is 1.80. The average molecular weight is 717 g/mol. The molecular weight excluding hydrogens is 685 g/mol. The molecule has 5 nitrogen and oxygen atoms in total. The number of hydrogen-bond donors (Lipinski definition) is 0. The maximum absolute atomic E-state index is 6.61. The third-order valence-corrected chi connectivity index (χ3v) is 10.7. The fourth-order valence-corrected chi connectivity index (χ4v) is 8.00. The average Bonchev–Trinajstić information content (AvgIpc) is 3.81. The van der Waals surface area contributed by atoms with Crippen LogP contribution >= 0.6 is 0 Å². The lowest BCUT2D eigenvalue weighted by molar-refractivity contribution is 0.669. The Morgan fingerprint density at radius 1 is 0.321 bits per heavy atom. The molecule has 0 atom stereocenters. The van der Waals surface area contributed by atoms with E-state index < -0.39 is 0 Å². The summed E-state index contributed by atoms with van der Waals surface area (Å²) in [6.45, 7) is 0. The number of fused-ring (bicyclic) bond motifs is 6. The minimum Gasteiger partial charge on any atom is -0.456 e. The van der Waals surface area contributed by atoms with Gasteiger partial charge in [0, 0.05) is 43.9 Å².